The molecule has 4 heteroatoms. The highest BCUT2D eigenvalue weighted by atomic mass is 19.1. The number of rotatable bonds is 5. The van der Waals surface area contributed by atoms with Gasteiger partial charge in [-0.25, -0.2) is 9.07 Å². The lowest BCUT2D eigenvalue weighted by Crippen LogP contribution is -1.98. The summed E-state index contributed by atoms with van der Waals surface area (Å²) in [5.74, 6) is 0.585. The fourth-order valence-corrected chi connectivity index (χ4v) is 3.38. The van der Waals surface area contributed by atoms with Crippen LogP contribution in [0.15, 0.2) is 60.8 Å². The Labute approximate surface area is 146 Å². The van der Waals surface area contributed by atoms with Crippen LogP contribution in [0.2, 0.25) is 0 Å². The molecular formula is C21H19FN2O. The molecule has 0 radical (unpaired) electrons. The highest BCUT2D eigenvalue weighted by Gasteiger charge is 2.41. The number of carbonyl (C=O) groups excluding carboxylic acids is 1. The molecule has 0 amide bonds. The summed E-state index contributed by atoms with van der Waals surface area (Å²) in [5, 5.41) is 4.74. The molecule has 0 saturated heterocycles. The van der Waals surface area contributed by atoms with Crippen LogP contribution in [-0.2, 0) is 11.2 Å². The topological polar surface area (TPSA) is 34.9 Å². The van der Waals surface area contributed by atoms with Crippen molar-refractivity contribution in [1.82, 2.24) is 9.78 Å². The molecule has 0 unspecified atom stereocenters. The molecule has 1 fully saturated rings. The number of benzene rings is 2. The summed E-state index contributed by atoms with van der Waals surface area (Å²) in [7, 11) is 0. The Morgan fingerprint density at radius 1 is 1.16 bits per heavy atom. The Bertz CT molecular complexity index is 899. The van der Waals surface area contributed by atoms with Crippen LogP contribution >= 0.6 is 0 Å². The number of halogens is 1. The molecule has 1 aromatic heterocycles. The van der Waals surface area contributed by atoms with Gasteiger partial charge >= 0.3 is 0 Å². The van der Waals surface area contributed by atoms with Gasteiger partial charge in [0, 0.05) is 17.7 Å². The average Bonchev–Trinajstić information content (AvgIpc) is 3.27. The van der Waals surface area contributed by atoms with Gasteiger partial charge in [0.15, 0.2) is 0 Å². The average molecular weight is 334 g/mol. The molecule has 126 valence electrons. The lowest BCUT2D eigenvalue weighted by Gasteiger charge is -2.02. The molecule has 4 rings (SSSR count). The molecular weight excluding hydrogens is 315 g/mol. The minimum atomic E-state index is -0.258. The van der Waals surface area contributed by atoms with E-state index in [4.69, 9.17) is 5.10 Å². The van der Waals surface area contributed by atoms with E-state index in [-0.39, 0.29) is 17.5 Å². The predicted octanol–water partition coefficient (Wildman–Crippen LogP) is 4.45. The third-order valence-electron chi connectivity index (χ3n) is 4.86. The summed E-state index contributed by atoms with van der Waals surface area (Å²) < 4.78 is 15.1. The Morgan fingerprint density at radius 2 is 1.88 bits per heavy atom. The summed E-state index contributed by atoms with van der Waals surface area (Å²) in [5.41, 5.74) is 3.84. The Hall–Kier alpha value is -2.75. The first-order valence-electron chi connectivity index (χ1n) is 8.52. The van der Waals surface area contributed by atoms with Gasteiger partial charge in [0.05, 0.1) is 11.4 Å². The van der Waals surface area contributed by atoms with Crippen LogP contribution in [0.3, 0.4) is 0 Å². The van der Waals surface area contributed by atoms with Crippen LogP contribution in [0, 0.1) is 17.7 Å². The zero-order valence-corrected chi connectivity index (χ0v) is 14.0. The quantitative estimate of drug-likeness (QED) is 0.691. The van der Waals surface area contributed by atoms with E-state index < -0.39 is 0 Å². The second-order valence-electron chi connectivity index (χ2n) is 6.71. The monoisotopic (exact) mass is 334 g/mol. The highest BCUT2D eigenvalue weighted by molar-refractivity contribution is 5.81. The molecule has 1 aliphatic rings. The zero-order chi connectivity index (χ0) is 17.4. The minimum absolute atomic E-state index is 0.182. The van der Waals surface area contributed by atoms with Gasteiger partial charge in [-0.15, -0.1) is 0 Å². The van der Waals surface area contributed by atoms with Gasteiger partial charge in [-0.2, -0.15) is 5.10 Å². The smallest absolute Gasteiger partial charge is 0.133 e. The van der Waals surface area contributed by atoms with E-state index in [0.29, 0.717) is 5.92 Å². The standard InChI is InChI=1S/C21H19FN2O/c1-14(25)20-12-16(20)11-17-13-24(19-5-3-2-4-6-19)23-21(17)15-7-9-18(22)10-8-15/h2-10,13,16,20H,11-12H2,1H3/t16-,20-/m0/s1. The Morgan fingerprint density at radius 3 is 2.52 bits per heavy atom. The zero-order valence-electron chi connectivity index (χ0n) is 14.0. The predicted molar refractivity (Wildman–Crippen MR) is 94.9 cm³/mol. The number of hydrogen-bond acceptors (Lipinski definition) is 2. The van der Waals surface area contributed by atoms with Crippen molar-refractivity contribution in [2.24, 2.45) is 11.8 Å². The van der Waals surface area contributed by atoms with Gasteiger partial charge in [-0.1, -0.05) is 18.2 Å². The van der Waals surface area contributed by atoms with E-state index in [0.717, 1.165) is 35.3 Å². The van der Waals surface area contributed by atoms with Gasteiger partial charge in [0.1, 0.15) is 11.6 Å². The molecule has 1 heterocycles. The summed E-state index contributed by atoms with van der Waals surface area (Å²) >= 11 is 0. The van der Waals surface area contributed by atoms with E-state index in [2.05, 4.69) is 0 Å². The van der Waals surface area contributed by atoms with E-state index in [1.807, 2.05) is 41.2 Å². The first kappa shape index (κ1) is 15.8. The molecule has 2 aromatic carbocycles. The first-order chi connectivity index (χ1) is 12.1. The summed E-state index contributed by atoms with van der Waals surface area (Å²) in [6.45, 7) is 1.67. The lowest BCUT2D eigenvalue weighted by molar-refractivity contribution is -0.118. The maximum atomic E-state index is 13.3. The minimum Gasteiger partial charge on any atom is -0.300 e. The van der Waals surface area contributed by atoms with E-state index in [9.17, 15) is 9.18 Å². The van der Waals surface area contributed by atoms with Crippen LogP contribution in [0.1, 0.15) is 18.9 Å². The van der Waals surface area contributed by atoms with Crippen LogP contribution in [0.25, 0.3) is 16.9 Å². The summed E-state index contributed by atoms with van der Waals surface area (Å²) in [6.07, 6.45) is 3.81. The maximum Gasteiger partial charge on any atom is 0.133 e. The molecule has 25 heavy (non-hydrogen) atoms. The van der Waals surface area contributed by atoms with Crippen molar-refractivity contribution >= 4 is 5.78 Å². The Balaban J connectivity index is 1.71. The fraction of sp³-hybridized carbons (Fsp3) is 0.238. The van der Waals surface area contributed by atoms with Crippen LogP contribution in [-0.4, -0.2) is 15.6 Å². The van der Waals surface area contributed by atoms with Crippen molar-refractivity contribution in [2.75, 3.05) is 0 Å². The molecule has 3 nitrogen and oxygen atoms in total. The van der Waals surface area contributed by atoms with E-state index >= 15 is 0 Å². The molecule has 1 saturated carbocycles. The van der Waals surface area contributed by atoms with Gasteiger partial charge in [0.25, 0.3) is 0 Å². The van der Waals surface area contributed by atoms with Gasteiger partial charge in [-0.05, 0) is 67.6 Å². The third kappa shape index (κ3) is 3.25. The van der Waals surface area contributed by atoms with Crippen molar-refractivity contribution in [2.45, 2.75) is 19.8 Å². The van der Waals surface area contributed by atoms with Crippen LogP contribution < -0.4 is 0 Å². The lowest BCUT2D eigenvalue weighted by atomic mass is 10.0. The molecule has 2 atom stereocenters. The van der Waals surface area contributed by atoms with Crippen molar-refractivity contribution < 1.29 is 9.18 Å². The summed E-state index contributed by atoms with van der Waals surface area (Å²) in [4.78, 5) is 11.6. The molecule has 0 N–H and O–H groups in total. The number of carbonyl (C=O) groups is 1. The van der Waals surface area contributed by atoms with Crippen molar-refractivity contribution in [3.05, 3.63) is 72.2 Å². The SMILES string of the molecule is CC(=O)[C@@H]1C[C@@H]1Cc1cn(-c2ccccc2)nc1-c1ccc(F)cc1. The number of hydrogen-bond donors (Lipinski definition) is 0. The molecule has 0 bridgehead atoms. The Kier molecular flexibility index (Phi) is 3.96. The van der Waals surface area contributed by atoms with Gasteiger partial charge < -0.3 is 0 Å². The van der Waals surface area contributed by atoms with Crippen LogP contribution in [0.4, 0.5) is 4.39 Å². The maximum absolute atomic E-state index is 13.3. The van der Waals surface area contributed by atoms with Gasteiger partial charge in [0.2, 0.25) is 0 Å². The summed E-state index contributed by atoms with van der Waals surface area (Å²) in [6, 6.07) is 16.3. The number of Topliss-reactive ketones (excluding diaryl/α,β-unsaturated/α-hetero) is 1. The third-order valence-corrected chi connectivity index (χ3v) is 4.86. The molecule has 3 aromatic rings. The molecule has 0 spiro atoms. The van der Waals surface area contributed by atoms with Crippen LogP contribution in [0.5, 0.6) is 0 Å². The molecule has 1 aliphatic carbocycles. The number of ketones is 1. The van der Waals surface area contributed by atoms with Crippen molar-refractivity contribution in [3.8, 4) is 16.9 Å². The molecule has 0 aliphatic heterocycles. The van der Waals surface area contributed by atoms with Crippen molar-refractivity contribution in [1.29, 1.82) is 0 Å². The van der Waals surface area contributed by atoms with Gasteiger partial charge in [-0.3, -0.25) is 4.79 Å². The second-order valence-corrected chi connectivity index (χ2v) is 6.71. The van der Waals surface area contributed by atoms with E-state index in [1.54, 1.807) is 19.1 Å². The largest absolute Gasteiger partial charge is 0.300 e. The van der Waals surface area contributed by atoms with Crippen molar-refractivity contribution in [3.63, 3.8) is 0 Å². The number of aromatic nitrogens is 2. The fourth-order valence-electron chi connectivity index (χ4n) is 3.38. The number of para-hydroxylation sites is 1. The first-order valence-corrected chi connectivity index (χ1v) is 8.52. The normalized spacial score (nSPS) is 19.0. The number of nitrogens with zero attached hydrogens (tertiary/aromatic N) is 2. The second kappa shape index (κ2) is 6.28. The van der Waals surface area contributed by atoms with E-state index in [1.165, 1.54) is 12.1 Å². The highest BCUT2D eigenvalue weighted by Crippen LogP contribution is 2.43.